The molecule has 2 nitrogen and oxygen atoms in total. The molecule has 3 heterocycles. The van der Waals surface area contributed by atoms with E-state index < -0.39 is 0 Å². The third-order valence-corrected chi connectivity index (χ3v) is 4.23. The number of nitrogens with zero attached hydrogens (tertiary/aromatic N) is 2. The van der Waals surface area contributed by atoms with Gasteiger partial charge in [-0.05, 0) is 48.6 Å². The summed E-state index contributed by atoms with van der Waals surface area (Å²) in [6, 6.07) is 8.53. The van der Waals surface area contributed by atoms with Crippen molar-refractivity contribution in [2.75, 3.05) is 0 Å². The minimum atomic E-state index is 0.0790. The van der Waals surface area contributed by atoms with Crippen molar-refractivity contribution in [1.82, 2.24) is 0 Å². The zero-order chi connectivity index (χ0) is 12.0. The molecule has 4 aliphatic rings. The Balaban J connectivity index is 1.98. The fourth-order valence-electron chi connectivity index (χ4n) is 3.25. The van der Waals surface area contributed by atoms with E-state index >= 15 is 0 Å². The Morgan fingerprint density at radius 2 is 2.11 bits per heavy atom. The molecule has 0 saturated heterocycles. The first-order chi connectivity index (χ1) is 8.88. The molecular weight excluding hydrogens is 220 g/mol. The van der Waals surface area contributed by atoms with E-state index in [1.54, 1.807) is 0 Å². The lowest BCUT2D eigenvalue weighted by molar-refractivity contribution is 0.552. The third-order valence-electron chi connectivity index (χ3n) is 4.23. The van der Waals surface area contributed by atoms with Crippen LogP contribution in [0.15, 0.2) is 58.2 Å². The molecule has 0 N–H and O–H groups in total. The normalized spacial score (nSPS) is 29.6. The Kier molecular flexibility index (Phi) is 1.95. The summed E-state index contributed by atoms with van der Waals surface area (Å²) in [5.41, 5.74) is 5.17. The topological polar surface area (TPSA) is 24.7 Å². The van der Waals surface area contributed by atoms with Crippen molar-refractivity contribution >= 4 is 17.6 Å². The van der Waals surface area contributed by atoms with Gasteiger partial charge in [0, 0.05) is 17.8 Å². The zero-order valence-electron chi connectivity index (χ0n) is 10.1. The molecule has 0 amide bonds. The minimum absolute atomic E-state index is 0.0790. The molecule has 0 radical (unpaired) electrons. The standard InChI is InChI=1S/C16H14N2/c1-2-4-14-13(3-1)16-7-5-12(11-15(16)18-14)6-9-17-10-8-16/h1-4,6,9-11H,5,7-8H2/b9-6-,17-10?. The highest BCUT2D eigenvalue weighted by atomic mass is 14.8. The Morgan fingerprint density at radius 1 is 1.17 bits per heavy atom. The van der Waals surface area contributed by atoms with Crippen molar-refractivity contribution in [2.45, 2.75) is 24.7 Å². The van der Waals surface area contributed by atoms with Crippen molar-refractivity contribution in [3.05, 3.63) is 53.8 Å². The van der Waals surface area contributed by atoms with Crippen molar-refractivity contribution in [3.63, 3.8) is 0 Å². The average Bonchev–Trinajstić information content (AvgIpc) is 2.78. The first-order valence-corrected chi connectivity index (χ1v) is 6.46. The molecule has 1 atom stereocenters. The van der Waals surface area contributed by atoms with Gasteiger partial charge < -0.3 is 0 Å². The highest BCUT2D eigenvalue weighted by Crippen LogP contribution is 2.48. The van der Waals surface area contributed by atoms with Crippen LogP contribution in [0.1, 0.15) is 24.8 Å². The Hall–Kier alpha value is -1.96. The van der Waals surface area contributed by atoms with Gasteiger partial charge in [0.25, 0.3) is 0 Å². The van der Waals surface area contributed by atoms with Crippen LogP contribution in [-0.2, 0) is 5.41 Å². The summed E-state index contributed by atoms with van der Waals surface area (Å²) < 4.78 is 0. The van der Waals surface area contributed by atoms with Gasteiger partial charge in [-0.3, -0.25) is 9.98 Å². The van der Waals surface area contributed by atoms with Gasteiger partial charge in [-0.15, -0.1) is 0 Å². The molecule has 0 aromatic heterocycles. The summed E-state index contributed by atoms with van der Waals surface area (Å²) in [7, 11) is 0. The lowest BCUT2D eigenvalue weighted by Crippen LogP contribution is -2.35. The molecule has 1 aromatic rings. The second kappa shape index (κ2) is 3.52. The fraction of sp³-hybridized carbons (Fsp3) is 0.250. The van der Waals surface area contributed by atoms with Crippen LogP contribution in [0.5, 0.6) is 0 Å². The zero-order valence-corrected chi connectivity index (χ0v) is 10.1. The predicted octanol–water partition coefficient (Wildman–Crippen LogP) is 3.72. The molecule has 1 aromatic carbocycles. The number of benzene rings is 1. The molecule has 0 fully saturated rings. The predicted molar refractivity (Wildman–Crippen MR) is 74.8 cm³/mol. The molecule has 0 saturated carbocycles. The Labute approximate surface area is 106 Å². The van der Waals surface area contributed by atoms with Crippen molar-refractivity contribution in [1.29, 1.82) is 0 Å². The SMILES string of the molecule is C1=N/C=C\C2=CC3=Nc4ccccc4C3(C1)CC2. The minimum Gasteiger partial charge on any atom is -0.269 e. The number of allylic oxidation sites excluding steroid dienone is 3. The Morgan fingerprint density at radius 3 is 3.11 bits per heavy atom. The summed E-state index contributed by atoms with van der Waals surface area (Å²) >= 11 is 0. The van der Waals surface area contributed by atoms with Gasteiger partial charge in [0.2, 0.25) is 0 Å². The van der Waals surface area contributed by atoms with Crippen LogP contribution in [-0.4, -0.2) is 11.9 Å². The van der Waals surface area contributed by atoms with Crippen molar-refractivity contribution < 1.29 is 0 Å². The van der Waals surface area contributed by atoms with Gasteiger partial charge >= 0.3 is 0 Å². The van der Waals surface area contributed by atoms with E-state index in [9.17, 15) is 0 Å². The van der Waals surface area contributed by atoms with Crippen LogP contribution in [0.4, 0.5) is 5.69 Å². The molecule has 5 rings (SSSR count). The number of aliphatic imine (C=N–C) groups is 2. The number of rotatable bonds is 0. The van der Waals surface area contributed by atoms with Crippen LogP contribution in [0.25, 0.3) is 0 Å². The highest BCUT2D eigenvalue weighted by molar-refractivity contribution is 6.11. The maximum absolute atomic E-state index is 4.84. The summed E-state index contributed by atoms with van der Waals surface area (Å²) in [6.45, 7) is 0. The largest absolute Gasteiger partial charge is 0.269 e. The van der Waals surface area contributed by atoms with Gasteiger partial charge in [-0.2, -0.15) is 0 Å². The maximum atomic E-state index is 4.84. The summed E-state index contributed by atoms with van der Waals surface area (Å²) in [5, 5.41) is 0. The molecule has 88 valence electrons. The maximum Gasteiger partial charge on any atom is 0.0675 e. The number of hydrogen-bond acceptors (Lipinski definition) is 2. The van der Waals surface area contributed by atoms with Crippen LogP contribution in [0, 0.1) is 0 Å². The second-order valence-corrected chi connectivity index (χ2v) is 5.17. The summed E-state index contributed by atoms with van der Waals surface area (Å²) in [4.78, 5) is 9.19. The van der Waals surface area contributed by atoms with E-state index in [2.05, 4.69) is 41.4 Å². The smallest absolute Gasteiger partial charge is 0.0675 e. The molecular formula is C16H14N2. The van der Waals surface area contributed by atoms with E-state index in [1.165, 1.54) is 16.8 Å². The molecule has 2 bridgehead atoms. The molecule has 1 spiro atoms. The monoisotopic (exact) mass is 234 g/mol. The molecule has 3 aliphatic heterocycles. The van der Waals surface area contributed by atoms with E-state index in [0.717, 1.165) is 24.9 Å². The fourth-order valence-corrected chi connectivity index (χ4v) is 3.25. The van der Waals surface area contributed by atoms with Gasteiger partial charge in [-0.1, -0.05) is 18.2 Å². The first-order valence-electron chi connectivity index (χ1n) is 6.46. The third kappa shape index (κ3) is 1.23. The van der Waals surface area contributed by atoms with Gasteiger partial charge in [0.1, 0.15) is 0 Å². The average molecular weight is 234 g/mol. The lowest BCUT2D eigenvalue weighted by atomic mass is 9.68. The van der Waals surface area contributed by atoms with E-state index in [-0.39, 0.29) is 5.41 Å². The summed E-state index contributed by atoms with van der Waals surface area (Å²) in [6.07, 6.45) is 11.5. The van der Waals surface area contributed by atoms with Crippen LogP contribution in [0.2, 0.25) is 0 Å². The Bertz CT molecular complexity index is 634. The molecule has 1 aliphatic carbocycles. The van der Waals surface area contributed by atoms with E-state index in [0.29, 0.717) is 0 Å². The number of hydrogen-bond donors (Lipinski definition) is 0. The van der Waals surface area contributed by atoms with Crippen LogP contribution in [0.3, 0.4) is 0 Å². The molecule has 2 heteroatoms. The quantitative estimate of drug-likeness (QED) is 0.653. The van der Waals surface area contributed by atoms with E-state index in [1.807, 2.05) is 12.4 Å². The molecule has 18 heavy (non-hydrogen) atoms. The number of fused-ring (bicyclic) bond motifs is 4. The first kappa shape index (κ1) is 10.0. The number of para-hydroxylation sites is 1. The van der Waals surface area contributed by atoms with Crippen molar-refractivity contribution in [3.8, 4) is 0 Å². The van der Waals surface area contributed by atoms with Crippen LogP contribution >= 0.6 is 0 Å². The second-order valence-electron chi connectivity index (χ2n) is 5.17. The van der Waals surface area contributed by atoms with Crippen LogP contribution < -0.4 is 0 Å². The summed E-state index contributed by atoms with van der Waals surface area (Å²) in [5.74, 6) is 0. The van der Waals surface area contributed by atoms with Gasteiger partial charge in [0.15, 0.2) is 0 Å². The molecule has 1 unspecified atom stereocenters. The van der Waals surface area contributed by atoms with Gasteiger partial charge in [-0.25, -0.2) is 0 Å². The van der Waals surface area contributed by atoms with E-state index in [4.69, 9.17) is 4.99 Å². The van der Waals surface area contributed by atoms with Gasteiger partial charge in [0.05, 0.1) is 11.4 Å². The van der Waals surface area contributed by atoms with Crippen molar-refractivity contribution in [2.24, 2.45) is 9.98 Å². The lowest BCUT2D eigenvalue weighted by Gasteiger charge is -2.33. The highest BCUT2D eigenvalue weighted by Gasteiger charge is 2.43.